The van der Waals surface area contributed by atoms with Crippen LogP contribution in [0.2, 0.25) is 0 Å². The van der Waals surface area contributed by atoms with Crippen LogP contribution in [0.1, 0.15) is 35.4 Å². The Bertz CT molecular complexity index is 723. The van der Waals surface area contributed by atoms with Gasteiger partial charge >= 0.3 is 0 Å². The van der Waals surface area contributed by atoms with Gasteiger partial charge in [-0.05, 0) is 30.7 Å². The van der Waals surface area contributed by atoms with Gasteiger partial charge in [-0.15, -0.1) is 0 Å². The Labute approximate surface area is 137 Å². The van der Waals surface area contributed by atoms with E-state index in [0.717, 1.165) is 10.0 Å². The SMILES string of the molecule is CC(=O)C[C@@H]1CN(Cc2ccccc2Br)C(=O)c2cccn21. The summed E-state index contributed by atoms with van der Waals surface area (Å²) in [4.78, 5) is 26.0. The van der Waals surface area contributed by atoms with Crippen LogP contribution in [0.3, 0.4) is 0 Å². The molecule has 1 aromatic carbocycles. The molecule has 114 valence electrons. The summed E-state index contributed by atoms with van der Waals surface area (Å²) >= 11 is 3.53. The predicted octanol–water partition coefficient (Wildman–Crippen LogP) is 3.43. The van der Waals surface area contributed by atoms with Crippen molar-refractivity contribution in [3.8, 4) is 0 Å². The number of fused-ring (bicyclic) bond motifs is 1. The van der Waals surface area contributed by atoms with Gasteiger partial charge in [0.25, 0.3) is 5.91 Å². The number of rotatable bonds is 4. The molecule has 2 heterocycles. The van der Waals surface area contributed by atoms with Gasteiger partial charge in [-0.3, -0.25) is 9.59 Å². The van der Waals surface area contributed by atoms with Gasteiger partial charge < -0.3 is 9.47 Å². The molecule has 0 aliphatic carbocycles. The maximum absolute atomic E-state index is 12.6. The Kier molecular flexibility index (Phi) is 4.16. The van der Waals surface area contributed by atoms with Crippen LogP contribution < -0.4 is 0 Å². The van der Waals surface area contributed by atoms with Crippen LogP contribution >= 0.6 is 15.9 Å². The van der Waals surface area contributed by atoms with Crippen molar-refractivity contribution in [1.29, 1.82) is 0 Å². The van der Waals surface area contributed by atoms with E-state index in [1.165, 1.54) is 0 Å². The minimum Gasteiger partial charge on any atom is -0.338 e. The van der Waals surface area contributed by atoms with Crippen LogP contribution in [0.5, 0.6) is 0 Å². The molecule has 0 radical (unpaired) electrons. The number of benzene rings is 1. The van der Waals surface area contributed by atoms with Crippen LogP contribution in [0, 0.1) is 0 Å². The van der Waals surface area contributed by atoms with E-state index in [2.05, 4.69) is 15.9 Å². The monoisotopic (exact) mass is 360 g/mol. The van der Waals surface area contributed by atoms with E-state index < -0.39 is 0 Å². The molecule has 5 heteroatoms. The predicted molar refractivity (Wildman–Crippen MR) is 87.6 cm³/mol. The summed E-state index contributed by atoms with van der Waals surface area (Å²) in [6.45, 7) is 2.69. The number of hydrogen-bond donors (Lipinski definition) is 0. The van der Waals surface area contributed by atoms with E-state index in [0.29, 0.717) is 25.2 Å². The van der Waals surface area contributed by atoms with E-state index >= 15 is 0 Å². The van der Waals surface area contributed by atoms with E-state index in [9.17, 15) is 9.59 Å². The third kappa shape index (κ3) is 2.86. The Hall–Kier alpha value is -1.88. The number of carbonyl (C=O) groups excluding carboxylic acids is 2. The highest BCUT2D eigenvalue weighted by Crippen LogP contribution is 2.27. The Morgan fingerprint density at radius 1 is 1.27 bits per heavy atom. The normalized spacial score (nSPS) is 17.5. The molecule has 0 saturated carbocycles. The number of hydrogen-bond acceptors (Lipinski definition) is 2. The van der Waals surface area contributed by atoms with E-state index in [1.807, 2.05) is 52.1 Å². The number of aromatic nitrogens is 1. The molecule has 0 spiro atoms. The fourth-order valence-electron chi connectivity index (χ4n) is 2.94. The number of nitrogens with zero attached hydrogens (tertiary/aromatic N) is 2. The third-order valence-electron chi connectivity index (χ3n) is 3.95. The Morgan fingerprint density at radius 3 is 2.77 bits per heavy atom. The lowest BCUT2D eigenvalue weighted by Crippen LogP contribution is -2.42. The molecule has 1 aliphatic rings. The number of amides is 1. The number of ketones is 1. The zero-order chi connectivity index (χ0) is 15.7. The second-order valence-corrected chi connectivity index (χ2v) is 6.49. The van der Waals surface area contributed by atoms with E-state index in [1.54, 1.807) is 6.92 Å². The van der Waals surface area contributed by atoms with Crippen LogP contribution in [0.4, 0.5) is 0 Å². The molecule has 3 rings (SSSR count). The van der Waals surface area contributed by atoms with Crippen molar-refractivity contribution in [1.82, 2.24) is 9.47 Å². The molecule has 0 bridgehead atoms. The van der Waals surface area contributed by atoms with Gasteiger partial charge in [0.05, 0.1) is 6.04 Å². The lowest BCUT2D eigenvalue weighted by Gasteiger charge is -2.34. The number of carbonyl (C=O) groups is 2. The highest BCUT2D eigenvalue weighted by atomic mass is 79.9. The Balaban J connectivity index is 1.89. The molecular weight excluding hydrogens is 344 g/mol. The summed E-state index contributed by atoms with van der Waals surface area (Å²) in [5.74, 6) is 0.153. The molecule has 2 aromatic rings. The number of Topliss-reactive ketones (excluding diaryl/α,β-unsaturated/α-hetero) is 1. The van der Waals surface area contributed by atoms with Crippen molar-refractivity contribution in [2.75, 3.05) is 6.54 Å². The Morgan fingerprint density at radius 2 is 2.05 bits per heavy atom. The summed E-state index contributed by atoms with van der Waals surface area (Å²) in [7, 11) is 0. The van der Waals surface area contributed by atoms with Crippen molar-refractivity contribution in [2.45, 2.75) is 25.9 Å². The molecule has 4 nitrogen and oxygen atoms in total. The van der Waals surface area contributed by atoms with Crippen LogP contribution in [0.25, 0.3) is 0 Å². The van der Waals surface area contributed by atoms with Crippen LogP contribution in [-0.4, -0.2) is 27.7 Å². The molecule has 0 unspecified atom stereocenters. The highest BCUT2D eigenvalue weighted by Gasteiger charge is 2.31. The first kappa shape index (κ1) is 15.0. The van der Waals surface area contributed by atoms with Gasteiger partial charge in [0.15, 0.2) is 0 Å². The molecule has 0 fully saturated rings. The average molecular weight is 361 g/mol. The molecule has 1 aliphatic heterocycles. The second kappa shape index (κ2) is 6.08. The van der Waals surface area contributed by atoms with Gasteiger partial charge in [0.1, 0.15) is 11.5 Å². The van der Waals surface area contributed by atoms with Gasteiger partial charge in [0, 0.05) is 30.2 Å². The van der Waals surface area contributed by atoms with Crippen molar-refractivity contribution in [3.63, 3.8) is 0 Å². The van der Waals surface area contributed by atoms with Crippen molar-refractivity contribution in [2.24, 2.45) is 0 Å². The average Bonchev–Trinajstić information content (AvgIpc) is 2.96. The maximum atomic E-state index is 12.6. The molecule has 0 N–H and O–H groups in total. The summed E-state index contributed by atoms with van der Waals surface area (Å²) in [5.41, 5.74) is 1.72. The number of halogens is 1. The summed E-state index contributed by atoms with van der Waals surface area (Å²) < 4.78 is 2.92. The molecular formula is C17H17BrN2O2. The van der Waals surface area contributed by atoms with Gasteiger partial charge in [-0.25, -0.2) is 0 Å². The van der Waals surface area contributed by atoms with Crippen LogP contribution in [-0.2, 0) is 11.3 Å². The van der Waals surface area contributed by atoms with Crippen molar-refractivity contribution >= 4 is 27.6 Å². The topological polar surface area (TPSA) is 42.3 Å². The first-order valence-electron chi connectivity index (χ1n) is 7.25. The fraction of sp³-hybridized carbons (Fsp3) is 0.294. The lowest BCUT2D eigenvalue weighted by atomic mass is 10.1. The highest BCUT2D eigenvalue weighted by molar-refractivity contribution is 9.10. The molecule has 0 saturated heterocycles. The summed E-state index contributed by atoms with van der Waals surface area (Å²) in [6.07, 6.45) is 2.33. The lowest BCUT2D eigenvalue weighted by molar-refractivity contribution is -0.117. The minimum absolute atomic E-state index is 0.0144. The first-order chi connectivity index (χ1) is 10.6. The smallest absolute Gasteiger partial charge is 0.270 e. The second-order valence-electron chi connectivity index (χ2n) is 5.64. The van der Waals surface area contributed by atoms with Crippen molar-refractivity contribution < 1.29 is 9.59 Å². The van der Waals surface area contributed by atoms with Gasteiger partial charge in [0.2, 0.25) is 0 Å². The van der Waals surface area contributed by atoms with Crippen molar-refractivity contribution in [3.05, 3.63) is 58.3 Å². The molecule has 22 heavy (non-hydrogen) atoms. The van der Waals surface area contributed by atoms with Crippen LogP contribution in [0.15, 0.2) is 47.1 Å². The maximum Gasteiger partial charge on any atom is 0.270 e. The largest absolute Gasteiger partial charge is 0.338 e. The standard InChI is InChI=1S/C17H17BrN2O2/c1-12(21)9-14-11-19(10-13-5-2-3-6-15(13)18)17(22)16-7-4-8-20(14)16/h2-8,14H,9-11H2,1H3/t14-/m1/s1. The molecule has 1 aromatic heterocycles. The first-order valence-corrected chi connectivity index (χ1v) is 8.04. The van der Waals surface area contributed by atoms with Gasteiger partial charge in [-0.2, -0.15) is 0 Å². The van der Waals surface area contributed by atoms with E-state index in [4.69, 9.17) is 0 Å². The van der Waals surface area contributed by atoms with E-state index in [-0.39, 0.29) is 17.7 Å². The summed E-state index contributed by atoms with van der Waals surface area (Å²) in [6, 6.07) is 11.6. The molecule has 1 amide bonds. The van der Waals surface area contributed by atoms with Gasteiger partial charge in [-0.1, -0.05) is 34.1 Å². The third-order valence-corrected chi connectivity index (χ3v) is 4.73. The fourth-order valence-corrected chi connectivity index (χ4v) is 3.35. The quantitative estimate of drug-likeness (QED) is 0.838. The molecule has 1 atom stereocenters. The zero-order valence-corrected chi connectivity index (χ0v) is 13.9. The summed E-state index contributed by atoms with van der Waals surface area (Å²) in [5, 5.41) is 0. The minimum atomic E-state index is 0.0144. The zero-order valence-electron chi connectivity index (χ0n) is 12.3.